The van der Waals surface area contributed by atoms with Gasteiger partial charge < -0.3 is 10.1 Å². The van der Waals surface area contributed by atoms with Crippen molar-refractivity contribution >= 4 is 56.5 Å². The number of carbonyl (C=O) groups is 2. The Balaban J connectivity index is 1.63. The summed E-state index contributed by atoms with van der Waals surface area (Å²) in [6, 6.07) is 14.7. The van der Waals surface area contributed by atoms with E-state index in [0.29, 0.717) is 38.5 Å². The molecular formula is C20H13BrCl2N2O3. The minimum absolute atomic E-state index is 0.00764. The Morgan fingerprint density at radius 1 is 0.964 bits per heavy atom. The number of amides is 1. The largest absolute Gasteiger partial charge is 0.439 e. The molecule has 0 aliphatic heterocycles. The van der Waals surface area contributed by atoms with Gasteiger partial charge in [-0.15, -0.1) is 0 Å². The van der Waals surface area contributed by atoms with Gasteiger partial charge in [0.25, 0.3) is 5.91 Å². The standard InChI is InChI=1S/C20H13BrCl2N2O3/c21-10-18(26)12-1-5-15(6-2-12)28-19-8-4-14(11-24-19)25-20(27)13-3-7-16(22)17(23)9-13/h1-9,11H,10H2,(H,25,27). The van der Waals surface area contributed by atoms with Gasteiger partial charge >= 0.3 is 0 Å². The minimum Gasteiger partial charge on any atom is -0.439 e. The fourth-order valence-electron chi connectivity index (χ4n) is 2.26. The second-order valence-electron chi connectivity index (χ2n) is 5.65. The highest BCUT2D eigenvalue weighted by atomic mass is 79.9. The molecule has 28 heavy (non-hydrogen) atoms. The van der Waals surface area contributed by atoms with E-state index in [1.165, 1.54) is 12.3 Å². The van der Waals surface area contributed by atoms with Gasteiger partial charge in [0.1, 0.15) is 5.75 Å². The number of aromatic nitrogens is 1. The van der Waals surface area contributed by atoms with E-state index in [2.05, 4.69) is 26.2 Å². The Bertz CT molecular complexity index is 1010. The van der Waals surface area contributed by atoms with E-state index in [1.807, 2.05) is 0 Å². The monoisotopic (exact) mass is 478 g/mol. The Hall–Kier alpha value is -2.41. The topological polar surface area (TPSA) is 68.3 Å². The van der Waals surface area contributed by atoms with E-state index in [-0.39, 0.29) is 17.0 Å². The van der Waals surface area contributed by atoms with Crippen molar-refractivity contribution < 1.29 is 14.3 Å². The zero-order valence-corrected chi connectivity index (χ0v) is 17.4. The van der Waals surface area contributed by atoms with Crippen molar-refractivity contribution in [3.63, 3.8) is 0 Å². The van der Waals surface area contributed by atoms with Crippen LogP contribution in [0.4, 0.5) is 5.69 Å². The number of hydrogen-bond donors (Lipinski definition) is 1. The maximum absolute atomic E-state index is 12.3. The lowest BCUT2D eigenvalue weighted by atomic mass is 10.1. The smallest absolute Gasteiger partial charge is 0.255 e. The lowest BCUT2D eigenvalue weighted by molar-refractivity contribution is 0.101. The van der Waals surface area contributed by atoms with Crippen LogP contribution < -0.4 is 10.1 Å². The third-order valence-corrected chi connectivity index (χ3v) is 4.94. The molecule has 3 rings (SSSR count). The average Bonchev–Trinajstić information content (AvgIpc) is 2.71. The van der Waals surface area contributed by atoms with Crippen LogP contribution in [0.2, 0.25) is 10.0 Å². The van der Waals surface area contributed by atoms with Gasteiger partial charge in [0, 0.05) is 17.2 Å². The summed E-state index contributed by atoms with van der Waals surface area (Å²) in [6.45, 7) is 0. The number of nitrogens with zero attached hydrogens (tertiary/aromatic N) is 1. The van der Waals surface area contributed by atoms with Gasteiger partial charge in [0.05, 0.1) is 27.3 Å². The number of carbonyl (C=O) groups excluding carboxylic acids is 2. The van der Waals surface area contributed by atoms with Crippen LogP contribution >= 0.6 is 39.1 Å². The van der Waals surface area contributed by atoms with Gasteiger partial charge in [0.15, 0.2) is 5.78 Å². The predicted molar refractivity (Wildman–Crippen MR) is 113 cm³/mol. The Morgan fingerprint density at radius 3 is 2.29 bits per heavy atom. The van der Waals surface area contributed by atoms with Crippen molar-refractivity contribution in [2.75, 3.05) is 10.6 Å². The second kappa shape index (κ2) is 9.19. The molecule has 3 aromatic rings. The maximum atomic E-state index is 12.3. The van der Waals surface area contributed by atoms with E-state index in [9.17, 15) is 9.59 Å². The molecule has 0 saturated heterocycles. The van der Waals surface area contributed by atoms with E-state index in [0.717, 1.165) is 0 Å². The lowest BCUT2D eigenvalue weighted by Crippen LogP contribution is -2.12. The first-order valence-corrected chi connectivity index (χ1v) is 9.93. The fourth-order valence-corrected chi connectivity index (χ4v) is 2.88. The first-order valence-electron chi connectivity index (χ1n) is 8.06. The van der Waals surface area contributed by atoms with E-state index in [1.54, 1.807) is 48.5 Å². The molecule has 1 aromatic heterocycles. The van der Waals surface area contributed by atoms with Crippen LogP contribution in [0.15, 0.2) is 60.8 Å². The van der Waals surface area contributed by atoms with Crippen molar-refractivity contribution in [1.82, 2.24) is 4.98 Å². The molecule has 0 atom stereocenters. The number of rotatable bonds is 6. The summed E-state index contributed by atoms with van der Waals surface area (Å²) in [7, 11) is 0. The third-order valence-electron chi connectivity index (χ3n) is 3.70. The molecule has 0 radical (unpaired) electrons. The zero-order chi connectivity index (χ0) is 20.1. The summed E-state index contributed by atoms with van der Waals surface area (Å²) in [5.41, 5.74) is 1.48. The third kappa shape index (κ3) is 5.10. The van der Waals surface area contributed by atoms with Gasteiger partial charge in [0.2, 0.25) is 5.88 Å². The number of benzene rings is 2. The van der Waals surface area contributed by atoms with Gasteiger partial charge in [-0.3, -0.25) is 9.59 Å². The molecule has 0 aliphatic carbocycles. The van der Waals surface area contributed by atoms with Crippen LogP contribution in [0.5, 0.6) is 11.6 Å². The van der Waals surface area contributed by atoms with Gasteiger partial charge in [-0.2, -0.15) is 0 Å². The van der Waals surface area contributed by atoms with Crippen LogP contribution in [0.1, 0.15) is 20.7 Å². The molecule has 1 N–H and O–H groups in total. The molecule has 0 unspecified atom stereocenters. The molecule has 8 heteroatoms. The van der Waals surface area contributed by atoms with Crippen LogP contribution in [-0.2, 0) is 0 Å². The van der Waals surface area contributed by atoms with Crippen molar-refractivity contribution in [2.24, 2.45) is 0 Å². The lowest BCUT2D eigenvalue weighted by Gasteiger charge is -2.08. The second-order valence-corrected chi connectivity index (χ2v) is 7.03. The normalized spacial score (nSPS) is 10.4. The summed E-state index contributed by atoms with van der Waals surface area (Å²) in [5.74, 6) is 0.561. The predicted octanol–water partition coefficient (Wildman–Crippen LogP) is 6.01. The summed E-state index contributed by atoms with van der Waals surface area (Å²) in [6.07, 6.45) is 1.48. The number of pyridine rings is 1. The van der Waals surface area contributed by atoms with Gasteiger partial charge in [-0.1, -0.05) is 39.1 Å². The van der Waals surface area contributed by atoms with Crippen LogP contribution in [0.25, 0.3) is 0 Å². The molecule has 5 nitrogen and oxygen atoms in total. The molecule has 0 fully saturated rings. The summed E-state index contributed by atoms with van der Waals surface area (Å²) < 4.78 is 5.64. The highest BCUT2D eigenvalue weighted by Crippen LogP contribution is 2.24. The molecular weight excluding hydrogens is 467 g/mol. The number of Topliss-reactive ketones (excluding diaryl/α,β-unsaturated/α-hetero) is 1. The Morgan fingerprint density at radius 2 is 1.68 bits per heavy atom. The number of halogens is 3. The number of alkyl halides is 1. The van der Waals surface area contributed by atoms with Crippen molar-refractivity contribution in [1.29, 1.82) is 0 Å². The summed E-state index contributed by atoms with van der Waals surface area (Å²) in [4.78, 5) is 28.0. The fraction of sp³-hybridized carbons (Fsp3) is 0.0500. The van der Waals surface area contributed by atoms with E-state index in [4.69, 9.17) is 27.9 Å². The number of nitrogens with one attached hydrogen (secondary N) is 1. The first-order chi connectivity index (χ1) is 13.5. The molecule has 0 spiro atoms. The van der Waals surface area contributed by atoms with Crippen molar-refractivity contribution in [2.45, 2.75) is 0 Å². The quantitative estimate of drug-likeness (QED) is 0.347. The average molecular weight is 480 g/mol. The van der Waals surface area contributed by atoms with E-state index >= 15 is 0 Å². The zero-order valence-electron chi connectivity index (χ0n) is 14.3. The molecule has 1 amide bonds. The number of ether oxygens (including phenoxy) is 1. The molecule has 0 saturated carbocycles. The molecule has 2 aromatic carbocycles. The molecule has 142 valence electrons. The number of hydrogen-bond acceptors (Lipinski definition) is 4. The molecule has 1 heterocycles. The number of anilines is 1. The van der Waals surface area contributed by atoms with Crippen LogP contribution in [0.3, 0.4) is 0 Å². The highest BCUT2D eigenvalue weighted by Gasteiger charge is 2.09. The van der Waals surface area contributed by atoms with Crippen molar-refractivity contribution in [3.05, 3.63) is 82.0 Å². The Kier molecular flexibility index (Phi) is 6.67. The van der Waals surface area contributed by atoms with Gasteiger partial charge in [-0.05, 0) is 48.5 Å². The molecule has 0 bridgehead atoms. The molecule has 0 aliphatic rings. The van der Waals surface area contributed by atoms with E-state index < -0.39 is 0 Å². The highest BCUT2D eigenvalue weighted by molar-refractivity contribution is 9.09. The summed E-state index contributed by atoms with van der Waals surface area (Å²) in [5, 5.41) is 3.68. The summed E-state index contributed by atoms with van der Waals surface area (Å²) >= 11 is 14.9. The van der Waals surface area contributed by atoms with Crippen molar-refractivity contribution in [3.8, 4) is 11.6 Å². The first kappa shape index (κ1) is 20.3. The van der Waals surface area contributed by atoms with Crippen LogP contribution in [-0.4, -0.2) is 22.0 Å². The van der Waals surface area contributed by atoms with Crippen LogP contribution in [0, 0.1) is 0 Å². The maximum Gasteiger partial charge on any atom is 0.255 e. The minimum atomic E-state index is -0.332. The SMILES string of the molecule is O=C(CBr)c1ccc(Oc2ccc(NC(=O)c3ccc(Cl)c(Cl)c3)cn2)cc1. The number of ketones is 1. The Labute approximate surface area is 179 Å². The van der Waals surface area contributed by atoms with Gasteiger partial charge in [-0.25, -0.2) is 4.98 Å².